The molecule has 1 aliphatic carbocycles. The summed E-state index contributed by atoms with van der Waals surface area (Å²) in [6, 6.07) is 5.54. The lowest BCUT2D eigenvalue weighted by molar-refractivity contribution is -0.00862. The summed E-state index contributed by atoms with van der Waals surface area (Å²) < 4.78 is 11.4. The molecule has 0 radical (unpaired) electrons. The zero-order valence-corrected chi connectivity index (χ0v) is 12.7. The van der Waals surface area contributed by atoms with E-state index in [4.69, 9.17) is 9.47 Å². The van der Waals surface area contributed by atoms with Gasteiger partial charge in [-0.25, -0.2) is 0 Å². The van der Waals surface area contributed by atoms with Crippen LogP contribution in [0.5, 0.6) is 5.75 Å². The molecule has 1 amide bonds. The molecule has 4 nitrogen and oxygen atoms in total. The van der Waals surface area contributed by atoms with Gasteiger partial charge in [0.1, 0.15) is 5.75 Å². The third-order valence-electron chi connectivity index (χ3n) is 3.25. The van der Waals surface area contributed by atoms with Crippen molar-refractivity contribution in [2.75, 3.05) is 13.7 Å². The van der Waals surface area contributed by atoms with Gasteiger partial charge in [0.05, 0.1) is 17.7 Å². The van der Waals surface area contributed by atoms with E-state index in [1.165, 1.54) is 0 Å². The Morgan fingerprint density at radius 1 is 1.47 bits per heavy atom. The Kier molecular flexibility index (Phi) is 4.82. The Bertz CT molecular complexity index is 458. The fourth-order valence-electron chi connectivity index (χ4n) is 2.13. The summed E-state index contributed by atoms with van der Waals surface area (Å²) in [5, 5.41) is 3.01. The molecule has 0 heterocycles. The zero-order chi connectivity index (χ0) is 13.8. The van der Waals surface area contributed by atoms with Gasteiger partial charge in [-0.05, 0) is 53.9 Å². The van der Waals surface area contributed by atoms with Crippen LogP contribution in [-0.4, -0.2) is 31.8 Å². The van der Waals surface area contributed by atoms with Crippen LogP contribution >= 0.6 is 15.9 Å². The SMILES string of the molecule is CCOC1CC(NC(=O)c2ccc(OC)c(Br)c2)C1. The van der Waals surface area contributed by atoms with Gasteiger partial charge in [0.15, 0.2) is 0 Å². The first kappa shape index (κ1) is 14.3. The number of carbonyl (C=O) groups excluding carboxylic acids is 1. The fourth-order valence-corrected chi connectivity index (χ4v) is 2.67. The standard InChI is InChI=1S/C14H18BrNO3/c1-3-19-11-7-10(8-11)16-14(17)9-4-5-13(18-2)12(15)6-9/h4-6,10-11H,3,7-8H2,1-2H3,(H,16,17). The summed E-state index contributed by atoms with van der Waals surface area (Å²) in [4.78, 5) is 12.1. The van der Waals surface area contributed by atoms with E-state index in [1.807, 2.05) is 6.92 Å². The van der Waals surface area contributed by atoms with E-state index in [0.717, 1.165) is 29.7 Å². The normalized spacial score (nSPS) is 21.6. The van der Waals surface area contributed by atoms with Crippen molar-refractivity contribution in [3.63, 3.8) is 0 Å². The highest BCUT2D eigenvalue weighted by Gasteiger charge is 2.30. The first-order valence-corrected chi connectivity index (χ1v) is 7.19. The van der Waals surface area contributed by atoms with Crippen LogP contribution in [0.2, 0.25) is 0 Å². The highest BCUT2D eigenvalue weighted by molar-refractivity contribution is 9.10. The Labute approximate surface area is 121 Å². The quantitative estimate of drug-likeness (QED) is 0.904. The summed E-state index contributed by atoms with van der Waals surface area (Å²) in [7, 11) is 1.60. The maximum atomic E-state index is 12.1. The number of hydrogen-bond donors (Lipinski definition) is 1. The molecule has 5 heteroatoms. The monoisotopic (exact) mass is 327 g/mol. The molecule has 0 unspecified atom stereocenters. The lowest BCUT2D eigenvalue weighted by Gasteiger charge is -2.35. The van der Waals surface area contributed by atoms with Crippen LogP contribution in [0.1, 0.15) is 30.1 Å². The molecule has 1 fully saturated rings. The minimum absolute atomic E-state index is 0.0525. The largest absolute Gasteiger partial charge is 0.496 e. The van der Waals surface area contributed by atoms with Gasteiger partial charge in [0, 0.05) is 18.2 Å². The van der Waals surface area contributed by atoms with Gasteiger partial charge < -0.3 is 14.8 Å². The second-order valence-electron chi connectivity index (χ2n) is 4.57. The Morgan fingerprint density at radius 2 is 2.21 bits per heavy atom. The van der Waals surface area contributed by atoms with E-state index in [1.54, 1.807) is 25.3 Å². The first-order valence-electron chi connectivity index (χ1n) is 6.40. The van der Waals surface area contributed by atoms with Gasteiger partial charge in [-0.3, -0.25) is 4.79 Å². The highest BCUT2D eigenvalue weighted by atomic mass is 79.9. The second-order valence-corrected chi connectivity index (χ2v) is 5.42. The van der Waals surface area contributed by atoms with Crippen LogP contribution in [-0.2, 0) is 4.74 Å². The van der Waals surface area contributed by atoms with Crippen LogP contribution in [0.3, 0.4) is 0 Å². The van der Waals surface area contributed by atoms with Gasteiger partial charge in [0.2, 0.25) is 0 Å². The molecular formula is C14H18BrNO3. The molecule has 0 spiro atoms. The number of rotatable bonds is 5. The topological polar surface area (TPSA) is 47.6 Å². The molecule has 0 aliphatic heterocycles. The van der Waals surface area contributed by atoms with Gasteiger partial charge in [0.25, 0.3) is 5.91 Å². The number of hydrogen-bond acceptors (Lipinski definition) is 3. The summed E-state index contributed by atoms with van der Waals surface area (Å²) in [5.41, 5.74) is 0.632. The van der Waals surface area contributed by atoms with E-state index < -0.39 is 0 Å². The maximum absolute atomic E-state index is 12.1. The van der Waals surface area contributed by atoms with Crippen molar-refractivity contribution >= 4 is 21.8 Å². The smallest absolute Gasteiger partial charge is 0.251 e. The summed E-state index contributed by atoms with van der Waals surface area (Å²) >= 11 is 3.38. The second kappa shape index (κ2) is 6.39. The van der Waals surface area contributed by atoms with Crippen molar-refractivity contribution in [3.05, 3.63) is 28.2 Å². The zero-order valence-electron chi connectivity index (χ0n) is 11.1. The molecule has 1 N–H and O–H groups in total. The van der Waals surface area contributed by atoms with E-state index in [2.05, 4.69) is 21.2 Å². The first-order chi connectivity index (χ1) is 9.13. The molecule has 1 saturated carbocycles. The van der Waals surface area contributed by atoms with E-state index in [0.29, 0.717) is 11.7 Å². The van der Waals surface area contributed by atoms with Gasteiger partial charge in [-0.1, -0.05) is 0 Å². The molecule has 0 saturated heterocycles. The van der Waals surface area contributed by atoms with E-state index >= 15 is 0 Å². The number of ether oxygens (including phenoxy) is 2. The van der Waals surface area contributed by atoms with E-state index in [-0.39, 0.29) is 11.9 Å². The predicted molar refractivity (Wildman–Crippen MR) is 76.6 cm³/mol. The molecule has 0 bridgehead atoms. The molecule has 0 atom stereocenters. The number of nitrogens with one attached hydrogen (secondary N) is 1. The molecule has 0 aromatic heterocycles. The third-order valence-corrected chi connectivity index (χ3v) is 3.87. The van der Waals surface area contributed by atoms with Gasteiger partial charge in [-0.2, -0.15) is 0 Å². The average molecular weight is 328 g/mol. The molecule has 1 aliphatic rings. The van der Waals surface area contributed by atoms with Crippen LogP contribution in [0.25, 0.3) is 0 Å². The lowest BCUT2D eigenvalue weighted by atomic mass is 9.89. The molecule has 104 valence electrons. The Morgan fingerprint density at radius 3 is 2.79 bits per heavy atom. The van der Waals surface area contributed by atoms with Crippen molar-refractivity contribution in [3.8, 4) is 5.75 Å². The number of halogens is 1. The molecular weight excluding hydrogens is 310 g/mol. The summed E-state index contributed by atoms with van der Waals surface area (Å²) in [5.74, 6) is 0.667. The van der Waals surface area contributed by atoms with Crippen molar-refractivity contribution in [2.24, 2.45) is 0 Å². The number of amides is 1. The van der Waals surface area contributed by atoms with Crippen LogP contribution in [0.15, 0.2) is 22.7 Å². The van der Waals surface area contributed by atoms with E-state index in [9.17, 15) is 4.79 Å². The van der Waals surface area contributed by atoms with Crippen molar-refractivity contribution in [2.45, 2.75) is 31.9 Å². The fraction of sp³-hybridized carbons (Fsp3) is 0.500. The number of benzene rings is 1. The molecule has 19 heavy (non-hydrogen) atoms. The average Bonchev–Trinajstić information content (AvgIpc) is 2.36. The summed E-state index contributed by atoms with van der Waals surface area (Å²) in [6.07, 6.45) is 2.10. The molecule has 1 aromatic rings. The van der Waals surface area contributed by atoms with Crippen LogP contribution < -0.4 is 10.1 Å². The minimum atomic E-state index is -0.0525. The molecule has 1 aromatic carbocycles. The van der Waals surface area contributed by atoms with Crippen LogP contribution in [0, 0.1) is 0 Å². The van der Waals surface area contributed by atoms with Crippen molar-refractivity contribution in [1.82, 2.24) is 5.32 Å². The van der Waals surface area contributed by atoms with Gasteiger partial charge in [-0.15, -0.1) is 0 Å². The number of carbonyl (C=O) groups is 1. The Balaban J connectivity index is 1.89. The Hall–Kier alpha value is -1.07. The summed E-state index contributed by atoms with van der Waals surface area (Å²) in [6.45, 7) is 2.72. The maximum Gasteiger partial charge on any atom is 0.251 e. The lowest BCUT2D eigenvalue weighted by Crippen LogP contribution is -2.47. The third kappa shape index (κ3) is 3.48. The van der Waals surface area contributed by atoms with Crippen LogP contribution in [0.4, 0.5) is 0 Å². The van der Waals surface area contributed by atoms with Crippen molar-refractivity contribution < 1.29 is 14.3 Å². The minimum Gasteiger partial charge on any atom is -0.496 e. The van der Waals surface area contributed by atoms with Crippen molar-refractivity contribution in [1.29, 1.82) is 0 Å². The van der Waals surface area contributed by atoms with Gasteiger partial charge >= 0.3 is 0 Å². The highest BCUT2D eigenvalue weighted by Crippen LogP contribution is 2.27. The predicted octanol–water partition coefficient (Wildman–Crippen LogP) is 2.76. The molecule has 2 rings (SSSR count). The number of methoxy groups -OCH3 is 1.